The average Bonchev–Trinajstić information content (AvgIpc) is 2.90. The molecule has 0 bridgehead atoms. The van der Waals surface area contributed by atoms with Crippen LogP contribution in [0.25, 0.3) is 0 Å². The third-order valence-electron chi connectivity index (χ3n) is 3.24. The molecule has 0 aliphatic rings. The highest BCUT2D eigenvalue weighted by Crippen LogP contribution is 2.24. The van der Waals surface area contributed by atoms with Crippen molar-refractivity contribution in [2.24, 2.45) is 5.92 Å². The van der Waals surface area contributed by atoms with Crippen molar-refractivity contribution in [1.82, 2.24) is 5.32 Å². The van der Waals surface area contributed by atoms with Crippen LogP contribution in [-0.2, 0) is 6.42 Å². The number of hydrogen-bond donors (Lipinski definition) is 1. The van der Waals surface area contributed by atoms with Crippen molar-refractivity contribution in [2.45, 2.75) is 33.2 Å². The van der Waals surface area contributed by atoms with E-state index in [1.807, 2.05) is 0 Å². The largest absolute Gasteiger partial charge is 0.307 e. The van der Waals surface area contributed by atoms with Crippen LogP contribution in [0.5, 0.6) is 0 Å². The van der Waals surface area contributed by atoms with Crippen LogP contribution in [0, 0.1) is 5.92 Å². The van der Waals surface area contributed by atoms with Gasteiger partial charge in [-0.15, -0.1) is 0 Å². The highest BCUT2D eigenvalue weighted by atomic mass is 32.1. The molecule has 19 heavy (non-hydrogen) atoms. The Morgan fingerprint density at radius 3 is 2.32 bits per heavy atom. The summed E-state index contributed by atoms with van der Waals surface area (Å²) >= 11 is 1.76. The smallest absolute Gasteiger partial charge is 0.0584 e. The van der Waals surface area contributed by atoms with E-state index in [4.69, 9.17) is 0 Å². The Labute approximate surface area is 120 Å². The van der Waals surface area contributed by atoms with Crippen molar-refractivity contribution in [2.75, 3.05) is 6.54 Å². The third-order valence-corrected chi connectivity index (χ3v) is 3.94. The summed E-state index contributed by atoms with van der Waals surface area (Å²) in [6.07, 6.45) is 1.16. The first kappa shape index (κ1) is 14.3. The van der Waals surface area contributed by atoms with Crippen molar-refractivity contribution in [3.8, 4) is 0 Å². The molecule has 0 saturated carbocycles. The van der Waals surface area contributed by atoms with E-state index in [1.165, 1.54) is 16.7 Å². The van der Waals surface area contributed by atoms with Gasteiger partial charge in [-0.3, -0.25) is 0 Å². The molecule has 1 N–H and O–H groups in total. The van der Waals surface area contributed by atoms with Crippen molar-refractivity contribution in [3.63, 3.8) is 0 Å². The van der Waals surface area contributed by atoms with Crippen LogP contribution < -0.4 is 5.32 Å². The Morgan fingerprint density at radius 2 is 1.79 bits per heavy atom. The fourth-order valence-corrected chi connectivity index (χ4v) is 3.08. The van der Waals surface area contributed by atoms with E-state index >= 15 is 0 Å². The summed E-state index contributed by atoms with van der Waals surface area (Å²) in [7, 11) is 0. The van der Waals surface area contributed by atoms with Crippen LogP contribution in [-0.4, -0.2) is 6.54 Å². The maximum atomic E-state index is 3.57. The van der Waals surface area contributed by atoms with E-state index in [9.17, 15) is 0 Å². The highest BCUT2D eigenvalue weighted by molar-refractivity contribution is 7.08. The lowest BCUT2D eigenvalue weighted by atomic mass is 9.97. The molecule has 1 aromatic heterocycles. The molecule has 0 spiro atoms. The minimum Gasteiger partial charge on any atom is -0.307 e. The summed E-state index contributed by atoms with van der Waals surface area (Å²) in [5.41, 5.74) is 4.15. The molecule has 0 aliphatic carbocycles. The molecule has 1 aromatic carbocycles. The van der Waals surface area contributed by atoms with Gasteiger partial charge in [-0.1, -0.05) is 45.0 Å². The topological polar surface area (TPSA) is 12.0 Å². The molecule has 0 aliphatic heterocycles. The van der Waals surface area contributed by atoms with Crippen molar-refractivity contribution in [3.05, 3.63) is 57.8 Å². The van der Waals surface area contributed by atoms with Gasteiger partial charge in [0.25, 0.3) is 0 Å². The SMILES string of the molecule is CCNC(c1ccc(CC(C)C)cc1)c1ccsc1. The lowest BCUT2D eigenvalue weighted by Crippen LogP contribution is -2.21. The molecular formula is C17H23NS. The Bertz CT molecular complexity index is 470. The van der Waals surface area contributed by atoms with Gasteiger partial charge >= 0.3 is 0 Å². The summed E-state index contributed by atoms with van der Waals surface area (Å²) in [5, 5.41) is 7.95. The van der Waals surface area contributed by atoms with Crippen LogP contribution in [0.2, 0.25) is 0 Å². The number of hydrogen-bond acceptors (Lipinski definition) is 2. The van der Waals surface area contributed by atoms with E-state index in [-0.39, 0.29) is 0 Å². The van der Waals surface area contributed by atoms with Gasteiger partial charge in [0.15, 0.2) is 0 Å². The second-order valence-corrected chi connectivity index (χ2v) is 6.17. The second-order valence-electron chi connectivity index (χ2n) is 5.39. The predicted octanol–water partition coefficient (Wildman–Crippen LogP) is 4.65. The number of benzene rings is 1. The lowest BCUT2D eigenvalue weighted by molar-refractivity contribution is 0.629. The van der Waals surface area contributed by atoms with Crippen molar-refractivity contribution < 1.29 is 0 Å². The van der Waals surface area contributed by atoms with Gasteiger partial charge < -0.3 is 5.32 Å². The highest BCUT2D eigenvalue weighted by Gasteiger charge is 2.13. The zero-order valence-electron chi connectivity index (χ0n) is 12.0. The third kappa shape index (κ3) is 3.92. The first-order valence-corrected chi connectivity index (χ1v) is 7.99. The monoisotopic (exact) mass is 273 g/mol. The van der Waals surface area contributed by atoms with Crippen molar-refractivity contribution in [1.29, 1.82) is 0 Å². The van der Waals surface area contributed by atoms with E-state index in [0.29, 0.717) is 12.0 Å². The lowest BCUT2D eigenvalue weighted by Gasteiger charge is -2.18. The van der Waals surface area contributed by atoms with E-state index in [2.05, 4.69) is 67.2 Å². The van der Waals surface area contributed by atoms with Gasteiger partial charge in [0.1, 0.15) is 0 Å². The quantitative estimate of drug-likeness (QED) is 0.808. The molecule has 2 heteroatoms. The molecule has 0 fully saturated rings. The van der Waals surface area contributed by atoms with Gasteiger partial charge in [-0.05, 0) is 52.4 Å². The summed E-state index contributed by atoms with van der Waals surface area (Å²) in [5.74, 6) is 0.715. The maximum absolute atomic E-state index is 3.57. The zero-order valence-corrected chi connectivity index (χ0v) is 12.8. The van der Waals surface area contributed by atoms with Gasteiger partial charge in [0.2, 0.25) is 0 Å². The predicted molar refractivity (Wildman–Crippen MR) is 84.8 cm³/mol. The molecule has 0 radical (unpaired) electrons. The van der Waals surface area contributed by atoms with Gasteiger partial charge in [-0.25, -0.2) is 0 Å². The molecule has 1 unspecified atom stereocenters. The summed E-state index contributed by atoms with van der Waals surface area (Å²) < 4.78 is 0. The molecule has 1 atom stereocenters. The summed E-state index contributed by atoms with van der Waals surface area (Å²) in [4.78, 5) is 0. The standard InChI is InChI=1S/C17H23NS/c1-4-18-17(16-9-10-19-12-16)15-7-5-14(6-8-15)11-13(2)3/h5-10,12-13,17-18H,4,11H2,1-3H3. The Balaban J connectivity index is 2.18. The Hall–Kier alpha value is -1.12. The molecule has 0 amide bonds. The second kappa shape index (κ2) is 6.88. The van der Waals surface area contributed by atoms with Crippen LogP contribution in [0.1, 0.15) is 43.5 Å². The zero-order chi connectivity index (χ0) is 13.7. The van der Waals surface area contributed by atoms with Crippen molar-refractivity contribution >= 4 is 11.3 Å². The molecule has 1 nitrogen and oxygen atoms in total. The molecule has 2 aromatic rings. The van der Waals surface area contributed by atoms with E-state index < -0.39 is 0 Å². The molecule has 102 valence electrons. The van der Waals surface area contributed by atoms with Gasteiger partial charge in [0, 0.05) is 0 Å². The molecular weight excluding hydrogens is 250 g/mol. The molecule has 2 rings (SSSR count). The normalized spacial score (nSPS) is 12.8. The van der Waals surface area contributed by atoms with E-state index in [0.717, 1.165) is 13.0 Å². The van der Waals surface area contributed by atoms with Crippen LogP contribution in [0.3, 0.4) is 0 Å². The fourth-order valence-electron chi connectivity index (χ4n) is 2.39. The average molecular weight is 273 g/mol. The number of nitrogens with one attached hydrogen (secondary N) is 1. The minimum absolute atomic E-state index is 0.323. The van der Waals surface area contributed by atoms with Gasteiger partial charge in [0.05, 0.1) is 6.04 Å². The number of thiophene rings is 1. The van der Waals surface area contributed by atoms with Crippen LogP contribution in [0.4, 0.5) is 0 Å². The first-order chi connectivity index (χ1) is 9.20. The molecule has 1 heterocycles. The van der Waals surface area contributed by atoms with Crippen LogP contribution in [0.15, 0.2) is 41.1 Å². The Morgan fingerprint density at radius 1 is 1.05 bits per heavy atom. The first-order valence-electron chi connectivity index (χ1n) is 7.05. The summed E-state index contributed by atoms with van der Waals surface area (Å²) in [6.45, 7) is 7.67. The van der Waals surface area contributed by atoms with E-state index in [1.54, 1.807) is 11.3 Å². The van der Waals surface area contributed by atoms with Crippen LogP contribution >= 0.6 is 11.3 Å². The minimum atomic E-state index is 0.323. The Kier molecular flexibility index (Phi) is 5.17. The molecule has 0 saturated heterocycles. The number of rotatable bonds is 6. The summed E-state index contributed by atoms with van der Waals surface area (Å²) in [6, 6.07) is 11.6. The maximum Gasteiger partial charge on any atom is 0.0584 e. The fraction of sp³-hybridized carbons (Fsp3) is 0.412. The van der Waals surface area contributed by atoms with Gasteiger partial charge in [-0.2, -0.15) is 11.3 Å².